The number of amides is 1. The van der Waals surface area contributed by atoms with Gasteiger partial charge in [-0.3, -0.25) is 14.9 Å². The third kappa shape index (κ3) is 5.37. The first-order valence-electron chi connectivity index (χ1n) is 7.34. The molecule has 0 aliphatic rings. The number of para-hydroxylation sites is 2. The zero-order valence-electron chi connectivity index (χ0n) is 13.7. The van der Waals surface area contributed by atoms with E-state index in [2.05, 4.69) is 5.32 Å². The van der Waals surface area contributed by atoms with Crippen LogP contribution in [0.3, 0.4) is 0 Å². The van der Waals surface area contributed by atoms with E-state index in [4.69, 9.17) is 5.73 Å². The second-order valence-electron chi connectivity index (χ2n) is 5.34. The average molecular weight is 345 g/mol. The Balaban J connectivity index is 0.00000484. The zero-order chi connectivity index (χ0) is 16.8. The molecular formula is C15H25ClN4O3. The van der Waals surface area contributed by atoms with Gasteiger partial charge in [0.25, 0.3) is 5.69 Å². The largest absolute Gasteiger partial charge is 0.360 e. The summed E-state index contributed by atoms with van der Waals surface area (Å²) in [4.78, 5) is 24.4. The summed E-state index contributed by atoms with van der Waals surface area (Å²) in [5, 5.41) is 14.0. The Morgan fingerprint density at radius 3 is 2.39 bits per heavy atom. The fraction of sp³-hybridized carbons (Fsp3) is 0.533. The SMILES string of the molecule is CCC(CC)(CN)NC(=O)CN(C)c1ccccc1[N+](=O)[O-].Cl. The molecule has 0 bridgehead atoms. The summed E-state index contributed by atoms with van der Waals surface area (Å²) in [5.41, 5.74) is 5.74. The molecule has 1 amide bonds. The lowest BCUT2D eigenvalue weighted by Gasteiger charge is -2.32. The van der Waals surface area contributed by atoms with Gasteiger partial charge in [0.15, 0.2) is 0 Å². The predicted octanol–water partition coefficient (Wildman–Crippen LogP) is 2.09. The van der Waals surface area contributed by atoms with Crippen LogP contribution in [0.25, 0.3) is 0 Å². The van der Waals surface area contributed by atoms with Crippen LogP contribution in [0.5, 0.6) is 0 Å². The topological polar surface area (TPSA) is 102 Å². The Morgan fingerprint density at radius 1 is 1.35 bits per heavy atom. The van der Waals surface area contributed by atoms with Gasteiger partial charge in [0, 0.05) is 19.7 Å². The molecule has 7 nitrogen and oxygen atoms in total. The van der Waals surface area contributed by atoms with Crippen LogP contribution in [0, 0.1) is 10.1 Å². The van der Waals surface area contributed by atoms with Crippen molar-refractivity contribution in [3.05, 3.63) is 34.4 Å². The highest BCUT2D eigenvalue weighted by molar-refractivity contribution is 5.85. The van der Waals surface area contributed by atoms with E-state index >= 15 is 0 Å². The molecule has 0 heterocycles. The maximum atomic E-state index is 12.2. The first kappa shape index (κ1) is 21.1. The summed E-state index contributed by atoms with van der Waals surface area (Å²) >= 11 is 0. The maximum Gasteiger partial charge on any atom is 0.292 e. The number of hydrogen-bond acceptors (Lipinski definition) is 5. The zero-order valence-corrected chi connectivity index (χ0v) is 14.6. The summed E-state index contributed by atoms with van der Waals surface area (Å²) in [6.07, 6.45) is 1.47. The molecule has 0 spiro atoms. The van der Waals surface area contributed by atoms with E-state index in [1.165, 1.54) is 6.07 Å². The molecule has 1 aromatic carbocycles. The highest BCUT2D eigenvalue weighted by Gasteiger charge is 2.27. The van der Waals surface area contributed by atoms with Gasteiger partial charge in [-0.25, -0.2) is 0 Å². The minimum absolute atomic E-state index is 0. The second-order valence-corrected chi connectivity index (χ2v) is 5.34. The van der Waals surface area contributed by atoms with Crippen LogP contribution in [0.1, 0.15) is 26.7 Å². The monoisotopic (exact) mass is 344 g/mol. The molecule has 0 saturated carbocycles. The molecule has 0 aliphatic carbocycles. The highest BCUT2D eigenvalue weighted by atomic mass is 35.5. The van der Waals surface area contributed by atoms with Gasteiger partial charge in [0.05, 0.1) is 17.0 Å². The van der Waals surface area contributed by atoms with Crippen LogP contribution in [-0.4, -0.2) is 36.5 Å². The molecule has 0 unspecified atom stereocenters. The van der Waals surface area contributed by atoms with Gasteiger partial charge in [0.2, 0.25) is 5.91 Å². The van der Waals surface area contributed by atoms with E-state index in [1.807, 2.05) is 13.8 Å². The lowest BCUT2D eigenvalue weighted by atomic mass is 9.93. The van der Waals surface area contributed by atoms with Crippen LogP contribution in [-0.2, 0) is 4.79 Å². The third-order valence-corrected chi connectivity index (χ3v) is 4.02. The number of carbonyl (C=O) groups excluding carboxylic acids is 1. The highest BCUT2D eigenvalue weighted by Crippen LogP contribution is 2.26. The molecule has 0 aromatic heterocycles. The van der Waals surface area contributed by atoms with Crippen molar-refractivity contribution in [2.24, 2.45) is 5.73 Å². The molecule has 1 rings (SSSR count). The number of benzene rings is 1. The summed E-state index contributed by atoms with van der Waals surface area (Å²) in [5.74, 6) is -0.199. The van der Waals surface area contributed by atoms with Gasteiger partial charge in [0.1, 0.15) is 5.69 Å². The van der Waals surface area contributed by atoms with Gasteiger partial charge in [-0.2, -0.15) is 0 Å². The Labute approximate surface area is 142 Å². The number of halogens is 1. The van der Waals surface area contributed by atoms with Gasteiger partial charge < -0.3 is 16.0 Å². The number of nitrogens with one attached hydrogen (secondary N) is 1. The van der Waals surface area contributed by atoms with Crippen molar-refractivity contribution in [1.29, 1.82) is 0 Å². The molecule has 0 radical (unpaired) electrons. The number of hydrogen-bond donors (Lipinski definition) is 2. The van der Waals surface area contributed by atoms with Crippen LogP contribution in [0.4, 0.5) is 11.4 Å². The molecule has 0 aliphatic heterocycles. The summed E-state index contributed by atoms with van der Waals surface area (Å²) in [6.45, 7) is 4.35. The van der Waals surface area contributed by atoms with Crippen molar-refractivity contribution in [2.45, 2.75) is 32.2 Å². The first-order chi connectivity index (χ1) is 10.4. The van der Waals surface area contributed by atoms with Crippen molar-refractivity contribution in [3.63, 3.8) is 0 Å². The van der Waals surface area contributed by atoms with Crippen molar-refractivity contribution in [2.75, 3.05) is 25.0 Å². The van der Waals surface area contributed by atoms with E-state index in [9.17, 15) is 14.9 Å². The molecule has 23 heavy (non-hydrogen) atoms. The summed E-state index contributed by atoms with van der Waals surface area (Å²) < 4.78 is 0. The minimum Gasteiger partial charge on any atom is -0.360 e. The molecular weight excluding hydrogens is 320 g/mol. The number of nitrogens with zero attached hydrogens (tertiary/aromatic N) is 2. The number of nitrogens with two attached hydrogens (primary N) is 1. The predicted molar refractivity (Wildman–Crippen MR) is 94.1 cm³/mol. The van der Waals surface area contributed by atoms with Crippen molar-refractivity contribution in [3.8, 4) is 0 Å². The molecule has 3 N–H and O–H groups in total. The Bertz CT molecular complexity index is 527. The lowest BCUT2D eigenvalue weighted by molar-refractivity contribution is -0.384. The first-order valence-corrected chi connectivity index (χ1v) is 7.34. The molecule has 0 fully saturated rings. The Kier molecular flexibility index (Phi) is 8.56. The standard InChI is InChI=1S/C15H24N4O3.ClH/c1-4-15(5-2,11-16)17-14(20)10-18(3)12-8-6-7-9-13(12)19(21)22;/h6-9H,4-5,10-11,16H2,1-3H3,(H,17,20);1H. The van der Waals surface area contributed by atoms with Gasteiger partial charge >= 0.3 is 0 Å². The van der Waals surface area contributed by atoms with Crippen molar-refractivity contribution >= 4 is 29.7 Å². The third-order valence-electron chi connectivity index (χ3n) is 4.02. The van der Waals surface area contributed by atoms with E-state index in [0.717, 1.165) is 12.8 Å². The maximum absolute atomic E-state index is 12.2. The van der Waals surface area contributed by atoms with Crippen LogP contribution >= 0.6 is 12.4 Å². The molecule has 8 heteroatoms. The van der Waals surface area contributed by atoms with Crippen LogP contribution < -0.4 is 16.0 Å². The smallest absolute Gasteiger partial charge is 0.292 e. The number of anilines is 1. The quantitative estimate of drug-likeness (QED) is 0.555. The van der Waals surface area contributed by atoms with Crippen LogP contribution in [0.2, 0.25) is 0 Å². The Hall–Kier alpha value is -1.86. The Morgan fingerprint density at radius 2 is 1.91 bits per heavy atom. The second kappa shape index (κ2) is 9.32. The van der Waals surface area contributed by atoms with Gasteiger partial charge in [-0.05, 0) is 18.9 Å². The van der Waals surface area contributed by atoms with E-state index in [0.29, 0.717) is 12.2 Å². The van der Waals surface area contributed by atoms with E-state index in [1.54, 1.807) is 30.1 Å². The number of likely N-dealkylation sites (N-methyl/N-ethyl adjacent to an activating group) is 1. The number of rotatable bonds is 8. The molecule has 0 atom stereocenters. The van der Waals surface area contributed by atoms with Crippen molar-refractivity contribution in [1.82, 2.24) is 5.32 Å². The number of nitro groups is 1. The van der Waals surface area contributed by atoms with E-state index in [-0.39, 0.29) is 30.5 Å². The molecule has 1 aromatic rings. The fourth-order valence-electron chi connectivity index (χ4n) is 2.34. The summed E-state index contributed by atoms with van der Waals surface area (Å²) in [7, 11) is 1.66. The normalized spacial score (nSPS) is 10.6. The van der Waals surface area contributed by atoms with Crippen molar-refractivity contribution < 1.29 is 9.72 Å². The minimum atomic E-state index is -0.452. The molecule has 0 saturated heterocycles. The fourth-order valence-corrected chi connectivity index (χ4v) is 2.34. The van der Waals surface area contributed by atoms with Gasteiger partial charge in [-0.15, -0.1) is 12.4 Å². The lowest BCUT2D eigenvalue weighted by Crippen LogP contribution is -2.54. The summed E-state index contributed by atoms with van der Waals surface area (Å²) in [6, 6.07) is 6.36. The van der Waals surface area contributed by atoms with Gasteiger partial charge in [-0.1, -0.05) is 26.0 Å². The average Bonchev–Trinajstić information content (AvgIpc) is 2.52. The van der Waals surface area contributed by atoms with E-state index < -0.39 is 10.5 Å². The molecule has 130 valence electrons. The number of nitro benzene ring substituents is 1. The number of carbonyl (C=O) groups is 1. The van der Waals surface area contributed by atoms with Crippen LogP contribution in [0.15, 0.2) is 24.3 Å².